The minimum absolute atomic E-state index is 0.136. The molecule has 6 heteroatoms. The molecular weight excluding hydrogens is 306 g/mol. The molecular formula is C18H33N3O3. The van der Waals surface area contributed by atoms with E-state index in [0.717, 1.165) is 65.0 Å². The first-order chi connectivity index (χ1) is 11.6. The topological polar surface area (TPSA) is 45.3 Å². The van der Waals surface area contributed by atoms with Gasteiger partial charge in [-0.05, 0) is 59.3 Å². The summed E-state index contributed by atoms with van der Waals surface area (Å²) in [5.74, 6) is 0.136. The van der Waals surface area contributed by atoms with E-state index < -0.39 is 0 Å². The van der Waals surface area contributed by atoms with E-state index in [1.54, 1.807) is 0 Å². The molecule has 3 fully saturated rings. The summed E-state index contributed by atoms with van der Waals surface area (Å²) in [6.45, 7) is 6.42. The van der Waals surface area contributed by atoms with Crippen molar-refractivity contribution >= 4 is 5.91 Å². The highest BCUT2D eigenvalue weighted by atomic mass is 16.5. The van der Waals surface area contributed by atoms with Crippen LogP contribution in [0.15, 0.2) is 0 Å². The lowest BCUT2D eigenvalue weighted by molar-refractivity contribution is -0.144. The molecule has 0 saturated carbocycles. The molecule has 0 unspecified atom stereocenters. The van der Waals surface area contributed by atoms with Crippen molar-refractivity contribution in [3.63, 3.8) is 0 Å². The third-order valence-electron chi connectivity index (χ3n) is 6.07. The monoisotopic (exact) mass is 339 g/mol. The average Bonchev–Trinajstić information content (AvgIpc) is 2.61. The highest BCUT2D eigenvalue weighted by molar-refractivity contribution is 5.77. The van der Waals surface area contributed by atoms with Crippen LogP contribution in [-0.4, -0.2) is 98.9 Å². The van der Waals surface area contributed by atoms with Crippen molar-refractivity contribution in [2.75, 3.05) is 66.6 Å². The SMILES string of the molecule is CN1CCC2(CC1)CN(C(=O)COC[C@H]1CCCCO1)CCN2C. The number of hydrogen-bond acceptors (Lipinski definition) is 5. The predicted molar refractivity (Wildman–Crippen MR) is 93.1 cm³/mol. The Kier molecular flexibility index (Phi) is 6.13. The Labute approximate surface area is 146 Å². The van der Waals surface area contributed by atoms with E-state index in [4.69, 9.17) is 9.47 Å². The molecule has 1 amide bonds. The molecule has 3 rings (SSSR count). The lowest BCUT2D eigenvalue weighted by Gasteiger charge is -2.52. The Bertz CT molecular complexity index is 418. The smallest absolute Gasteiger partial charge is 0.248 e. The number of rotatable bonds is 4. The number of carbonyl (C=O) groups excluding carboxylic acids is 1. The Hall–Kier alpha value is -0.690. The number of piperazine rings is 1. The summed E-state index contributed by atoms with van der Waals surface area (Å²) in [5, 5.41) is 0. The standard InChI is InChI=1S/C18H33N3O3/c1-19-8-6-18(7-9-19)15-21(11-10-20(18)2)17(22)14-23-13-16-5-3-4-12-24-16/h16H,3-15H2,1-2H3/t16-/m1/s1. The molecule has 0 radical (unpaired) electrons. The Morgan fingerprint density at radius 3 is 2.67 bits per heavy atom. The van der Waals surface area contributed by atoms with Crippen molar-refractivity contribution in [1.82, 2.24) is 14.7 Å². The van der Waals surface area contributed by atoms with E-state index in [1.807, 2.05) is 4.90 Å². The second-order valence-electron chi connectivity index (χ2n) is 7.77. The predicted octanol–water partition coefficient (Wildman–Crippen LogP) is 0.811. The minimum atomic E-state index is 0.136. The van der Waals surface area contributed by atoms with Crippen molar-refractivity contribution in [1.29, 1.82) is 0 Å². The normalized spacial score (nSPS) is 29.1. The van der Waals surface area contributed by atoms with Gasteiger partial charge in [0.1, 0.15) is 6.61 Å². The van der Waals surface area contributed by atoms with Crippen molar-refractivity contribution in [2.24, 2.45) is 0 Å². The highest BCUT2D eigenvalue weighted by Crippen LogP contribution is 2.31. The first-order valence-electron chi connectivity index (χ1n) is 9.46. The number of amides is 1. The number of ether oxygens (including phenoxy) is 2. The van der Waals surface area contributed by atoms with Gasteiger partial charge in [-0.2, -0.15) is 0 Å². The van der Waals surface area contributed by atoms with Crippen LogP contribution in [0.25, 0.3) is 0 Å². The number of hydrogen-bond donors (Lipinski definition) is 0. The van der Waals surface area contributed by atoms with E-state index in [9.17, 15) is 4.79 Å². The van der Waals surface area contributed by atoms with Gasteiger partial charge >= 0.3 is 0 Å². The summed E-state index contributed by atoms with van der Waals surface area (Å²) in [5.41, 5.74) is 0.160. The number of carbonyl (C=O) groups is 1. The van der Waals surface area contributed by atoms with Gasteiger partial charge in [-0.1, -0.05) is 0 Å². The van der Waals surface area contributed by atoms with Gasteiger partial charge in [-0.25, -0.2) is 0 Å². The number of likely N-dealkylation sites (N-methyl/N-ethyl adjacent to an activating group) is 1. The van der Waals surface area contributed by atoms with E-state index in [2.05, 4.69) is 23.9 Å². The molecule has 0 aliphatic carbocycles. The summed E-state index contributed by atoms with van der Waals surface area (Å²) in [6.07, 6.45) is 5.87. The van der Waals surface area contributed by atoms with Crippen LogP contribution >= 0.6 is 0 Å². The first kappa shape index (κ1) is 18.1. The number of piperidine rings is 1. The molecule has 0 bridgehead atoms. The van der Waals surface area contributed by atoms with Gasteiger partial charge in [0.2, 0.25) is 5.91 Å². The minimum Gasteiger partial charge on any atom is -0.376 e. The molecule has 1 spiro atoms. The quantitative estimate of drug-likeness (QED) is 0.758. The molecule has 3 aliphatic rings. The second kappa shape index (κ2) is 8.13. The fourth-order valence-electron chi connectivity index (χ4n) is 4.16. The number of nitrogens with zero attached hydrogens (tertiary/aromatic N) is 3. The largest absolute Gasteiger partial charge is 0.376 e. The fraction of sp³-hybridized carbons (Fsp3) is 0.944. The van der Waals surface area contributed by atoms with Gasteiger partial charge in [-0.3, -0.25) is 9.69 Å². The molecule has 3 heterocycles. The van der Waals surface area contributed by atoms with Crippen LogP contribution in [0.2, 0.25) is 0 Å². The van der Waals surface area contributed by atoms with Gasteiger partial charge in [0, 0.05) is 31.8 Å². The maximum absolute atomic E-state index is 12.6. The van der Waals surface area contributed by atoms with Crippen LogP contribution in [0.3, 0.4) is 0 Å². The third kappa shape index (κ3) is 4.28. The van der Waals surface area contributed by atoms with Crippen molar-refractivity contribution in [3.05, 3.63) is 0 Å². The molecule has 0 aromatic rings. The van der Waals surface area contributed by atoms with Crippen LogP contribution in [-0.2, 0) is 14.3 Å². The summed E-state index contributed by atoms with van der Waals surface area (Å²) >= 11 is 0. The number of likely N-dealkylation sites (tertiary alicyclic amines) is 1. The first-order valence-corrected chi connectivity index (χ1v) is 9.46. The lowest BCUT2D eigenvalue weighted by Crippen LogP contribution is -2.65. The van der Waals surface area contributed by atoms with E-state index in [0.29, 0.717) is 6.61 Å². The lowest BCUT2D eigenvalue weighted by atomic mass is 9.84. The Morgan fingerprint density at radius 2 is 1.96 bits per heavy atom. The molecule has 0 N–H and O–H groups in total. The molecule has 0 aromatic carbocycles. The van der Waals surface area contributed by atoms with Crippen LogP contribution < -0.4 is 0 Å². The van der Waals surface area contributed by atoms with Crippen LogP contribution in [0.4, 0.5) is 0 Å². The molecule has 0 aromatic heterocycles. The average molecular weight is 339 g/mol. The van der Waals surface area contributed by atoms with E-state index in [1.165, 1.54) is 6.42 Å². The van der Waals surface area contributed by atoms with Gasteiger partial charge in [0.05, 0.1) is 12.7 Å². The van der Waals surface area contributed by atoms with Crippen molar-refractivity contribution in [2.45, 2.75) is 43.7 Å². The van der Waals surface area contributed by atoms with Gasteiger partial charge in [0.15, 0.2) is 0 Å². The summed E-state index contributed by atoms with van der Waals surface area (Å²) < 4.78 is 11.3. The highest BCUT2D eigenvalue weighted by Gasteiger charge is 2.42. The van der Waals surface area contributed by atoms with E-state index in [-0.39, 0.29) is 24.2 Å². The molecule has 24 heavy (non-hydrogen) atoms. The van der Waals surface area contributed by atoms with Crippen LogP contribution in [0.1, 0.15) is 32.1 Å². The van der Waals surface area contributed by atoms with Crippen molar-refractivity contribution in [3.8, 4) is 0 Å². The fourth-order valence-corrected chi connectivity index (χ4v) is 4.16. The molecule has 1 atom stereocenters. The molecule has 3 saturated heterocycles. The molecule has 3 aliphatic heterocycles. The van der Waals surface area contributed by atoms with Crippen molar-refractivity contribution < 1.29 is 14.3 Å². The zero-order chi connectivity index (χ0) is 17.0. The maximum atomic E-state index is 12.6. The van der Waals surface area contributed by atoms with Gasteiger partial charge in [-0.15, -0.1) is 0 Å². The van der Waals surface area contributed by atoms with Crippen LogP contribution in [0.5, 0.6) is 0 Å². The van der Waals surface area contributed by atoms with Crippen LogP contribution in [0, 0.1) is 0 Å². The second-order valence-corrected chi connectivity index (χ2v) is 7.77. The molecule has 6 nitrogen and oxygen atoms in total. The van der Waals surface area contributed by atoms with Gasteiger partial charge < -0.3 is 19.3 Å². The zero-order valence-corrected chi connectivity index (χ0v) is 15.3. The summed E-state index contributed by atoms with van der Waals surface area (Å²) in [6, 6.07) is 0. The van der Waals surface area contributed by atoms with E-state index >= 15 is 0 Å². The third-order valence-corrected chi connectivity index (χ3v) is 6.07. The summed E-state index contributed by atoms with van der Waals surface area (Å²) in [7, 11) is 4.39. The Balaban J connectivity index is 1.46. The Morgan fingerprint density at radius 1 is 1.17 bits per heavy atom. The molecule has 138 valence electrons. The maximum Gasteiger partial charge on any atom is 0.248 e. The van der Waals surface area contributed by atoms with Gasteiger partial charge in [0.25, 0.3) is 0 Å². The summed E-state index contributed by atoms with van der Waals surface area (Å²) in [4.78, 5) is 19.4. The zero-order valence-electron chi connectivity index (χ0n) is 15.3.